The summed E-state index contributed by atoms with van der Waals surface area (Å²) in [5.74, 6) is 2.09. The second-order valence-electron chi connectivity index (χ2n) is 3.42. The number of ketones is 1. The van der Waals surface area contributed by atoms with Gasteiger partial charge in [0.2, 0.25) is 0 Å². The van der Waals surface area contributed by atoms with Crippen LogP contribution in [0.2, 0.25) is 5.22 Å². The van der Waals surface area contributed by atoms with Gasteiger partial charge in [-0.25, -0.2) is 0 Å². The number of furan rings is 1. The lowest BCUT2D eigenvalue weighted by Gasteiger charge is -2.04. The lowest BCUT2D eigenvalue weighted by molar-refractivity contribution is -0.117. The number of halogens is 1. The summed E-state index contributed by atoms with van der Waals surface area (Å²) in [4.78, 5) is 11.0. The molecule has 1 aliphatic carbocycles. The van der Waals surface area contributed by atoms with Crippen LogP contribution in [0.4, 0.5) is 0 Å². The molecule has 4 heteroatoms. The first-order valence-corrected chi connectivity index (χ1v) is 6.04. The molecule has 2 rings (SSSR count). The summed E-state index contributed by atoms with van der Waals surface area (Å²) in [6.45, 7) is 0. The van der Waals surface area contributed by atoms with Crippen LogP contribution in [0.25, 0.3) is 0 Å². The third kappa shape index (κ3) is 2.55. The van der Waals surface area contributed by atoms with Gasteiger partial charge in [-0.3, -0.25) is 4.79 Å². The molecule has 0 saturated heterocycles. The van der Waals surface area contributed by atoms with Gasteiger partial charge in [0.05, 0.1) is 5.75 Å². The van der Waals surface area contributed by atoms with E-state index in [9.17, 15) is 4.79 Å². The summed E-state index contributed by atoms with van der Waals surface area (Å²) in [5.41, 5.74) is 0. The second-order valence-corrected chi connectivity index (χ2v) is 5.08. The van der Waals surface area contributed by atoms with Crippen LogP contribution < -0.4 is 0 Å². The highest BCUT2D eigenvalue weighted by molar-refractivity contribution is 7.99. The molecule has 0 spiro atoms. The lowest BCUT2D eigenvalue weighted by Crippen LogP contribution is -1.96. The molecule has 14 heavy (non-hydrogen) atoms. The second kappa shape index (κ2) is 4.41. The van der Waals surface area contributed by atoms with Gasteiger partial charge in [0.15, 0.2) is 5.22 Å². The fourth-order valence-electron chi connectivity index (χ4n) is 1.55. The number of rotatable bonds is 3. The molecule has 1 unspecified atom stereocenters. The van der Waals surface area contributed by atoms with E-state index in [1.165, 1.54) is 0 Å². The van der Waals surface area contributed by atoms with Crippen molar-refractivity contribution in [1.29, 1.82) is 0 Å². The van der Waals surface area contributed by atoms with Gasteiger partial charge in [-0.15, -0.1) is 0 Å². The van der Waals surface area contributed by atoms with Crippen LogP contribution in [-0.2, 0) is 10.5 Å². The molecular weight excluding hydrogens is 220 g/mol. The Balaban J connectivity index is 1.80. The summed E-state index contributed by atoms with van der Waals surface area (Å²) < 4.78 is 5.23. The van der Waals surface area contributed by atoms with E-state index in [0.29, 0.717) is 16.3 Å². The van der Waals surface area contributed by atoms with Crippen molar-refractivity contribution in [3.63, 3.8) is 0 Å². The average molecular weight is 231 g/mol. The molecule has 0 radical (unpaired) electrons. The molecule has 76 valence electrons. The Kier molecular flexibility index (Phi) is 3.19. The Hall–Kier alpha value is -0.410. The van der Waals surface area contributed by atoms with Gasteiger partial charge in [0.1, 0.15) is 11.5 Å². The highest BCUT2D eigenvalue weighted by atomic mass is 35.5. The van der Waals surface area contributed by atoms with Gasteiger partial charge in [-0.1, -0.05) is 0 Å². The summed E-state index contributed by atoms with van der Waals surface area (Å²) >= 11 is 7.43. The van der Waals surface area contributed by atoms with E-state index >= 15 is 0 Å². The van der Waals surface area contributed by atoms with Gasteiger partial charge < -0.3 is 4.42 Å². The van der Waals surface area contributed by atoms with Gasteiger partial charge in [0.25, 0.3) is 0 Å². The van der Waals surface area contributed by atoms with E-state index < -0.39 is 0 Å². The Morgan fingerprint density at radius 1 is 1.57 bits per heavy atom. The highest BCUT2D eigenvalue weighted by Crippen LogP contribution is 2.30. The van der Waals surface area contributed by atoms with E-state index in [1.54, 1.807) is 17.8 Å². The van der Waals surface area contributed by atoms with Crippen LogP contribution in [0.1, 0.15) is 25.0 Å². The van der Waals surface area contributed by atoms with Crippen LogP contribution >= 0.6 is 23.4 Å². The zero-order valence-electron chi connectivity index (χ0n) is 7.66. The molecule has 1 aromatic heterocycles. The lowest BCUT2D eigenvalue weighted by atomic mass is 10.4. The zero-order valence-corrected chi connectivity index (χ0v) is 9.24. The van der Waals surface area contributed by atoms with Crippen molar-refractivity contribution in [2.24, 2.45) is 0 Å². The minimum absolute atomic E-state index is 0.389. The molecule has 0 N–H and O–H groups in total. The SMILES string of the molecule is O=C1CCC(SCc2ccc(Cl)o2)C1. The normalized spacial score (nSPS) is 21.8. The average Bonchev–Trinajstić information content (AvgIpc) is 2.72. The summed E-state index contributed by atoms with van der Waals surface area (Å²) in [7, 11) is 0. The first-order chi connectivity index (χ1) is 6.74. The zero-order chi connectivity index (χ0) is 9.97. The molecule has 2 nitrogen and oxygen atoms in total. The molecule has 1 aliphatic rings. The largest absolute Gasteiger partial charge is 0.449 e. The van der Waals surface area contributed by atoms with E-state index in [-0.39, 0.29) is 0 Å². The first-order valence-electron chi connectivity index (χ1n) is 4.61. The van der Waals surface area contributed by atoms with E-state index in [0.717, 1.165) is 30.8 Å². The van der Waals surface area contributed by atoms with Crippen LogP contribution in [0.15, 0.2) is 16.5 Å². The fourth-order valence-corrected chi connectivity index (χ4v) is 2.86. The molecule has 0 amide bonds. The Labute approximate surface area is 92.0 Å². The van der Waals surface area contributed by atoms with E-state index in [4.69, 9.17) is 16.0 Å². The number of carbonyl (C=O) groups is 1. The Bertz CT molecular complexity index is 335. The number of hydrogen-bond acceptors (Lipinski definition) is 3. The van der Waals surface area contributed by atoms with Crippen molar-refractivity contribution in [2.45, 2.75) is 30.3 Å². The van der Waals surface area contributed by atoms with Gasteiger partial charge in [-0.05, 0) is 30.2 Å². The topological polar surface area (TPSA) is 30.2 Å². The Morgan fingerprint density at radius 3 is 3.00 bits per heavy atom. The van der Waals surface area contributed by atoms with Crippen LogP contribution in [0, 0.1) is 0 Å². The summed E-state index contributed by atoms with van der Waals surface area (Å²) in [6.07, 6.45) is 2.48. The molecule has 0 bridgehead atoms. The van der Waals surface area contributed by atoms with Crippen molar-refractivity contribution < 1.29 is 9.21 Å². The summed E-state index contributed by atoms with van der Waals surface area (Å²) in [5, 5.41) is 0.912. The third-order valence-electron chi connectivity index (χ3n) is 2.29. The van der Waals surface area contributed by atoms with E-state index in [1.807, 2.05) is 6.07 Å². The monoisotopic (exact) mass is 230 g/mol. The number of hydrogen-bond donors (Lipinski definition) is 0. The Morgan fingerprint density at radius 2 is 2.43 bits per heavy atom. The number of carbonyl (C=O) groups excluding carboxylic acids is 1. The molecule has 0 aromatic carbocycles. The maximum absolute atomic E-state index is 11.0. The first kappa shape index (κ1) is 10.1. The van der Waals surface area contributed by atoms with Crippen molar-refractivity contribution in [2.75, 3.05) is 0 Å². The smallest absolute Gasteiger partial charge is 0.193 e. The third-order valence-corrected chi connectivity index (χ3v) is 3.82. The standard InChI is InChI=1S/C10H11ClO2S/c11-10-4-2-8(13-10)6-14-9-3-1-7(12)5-9/h2,4,9H,1,3,5-6H2. The van der Waals surface area contributed by atoms with Gasteiger partial charge in [0, 0.05) is 18.1 Å². The van der Waals surface area contributed by atoms with Gasteiger partial charge in [-0.2, -0.15) is 11.8 Å². The predicted octanol–water partition coefficient (Wildman–Crippen LogP) is 3.29. The molecule has 1 atom stereocenters. The molecule has 1 heterocycles. The van der Waals surface area contributed by atoms with Crippen molar-refractivity contribution in [3.05, 3.63) is 23.1 Å². The maximum Gasteiger partial charge on any atom is 0.193 e. The van der Waals surface area contributed by atoms with Crippen molar-refractivity contribution in [1.82, 2.24) is 0 Å². The van der Waals surface area contributed by atoms with Crippen LogP contribution in [0.5, 0.6) is 0 Å². The number of Topliss-reactive ketones (excluding diaryl/α,β-unsaturated/α-hetero) is 1. The molecule has 1 saturated carbocycles. The van der Waals surface area contributed by atoms with Crippen molar-refractivity contribution in [3.8, 4) is 0 Å². The quantitative estimate of drug-likeness (QED) is 0.798. The molecule has 1 fully saturated rings. The highest BCUT2D eigenvalue weighted by Gasteiger charge is 2.22. The van der Waals surface area contributed by atoms with Crippen molar-refractivity contribution >= 4 is 29.1 Å². The van der Waals surface area contributed by atoms with Crippen LogP contribution in [0.3, 0.4) is 0 Å². The minimum Gasteiger partial charge on any atom is -0.449 e. The summed E-state index contributed by atoms with van der Waals surface area (Å²) in [6, 6.07) is 3.63. The van der Waals surface area contributed by atoms with Crippen LogP contribution in [-0.4, -0.2) is 11.0 Å². The van der Waals surface area contributed by atoms with E-state index in [2.05, 4.69) is 0 Å². The predicted molar refractivity (Wildman–Crippen MR) is 57.7 cm³/mol. The number of thioether (sulfide) groups is 1. The maximum atomic E-state index is 11.0. The van der Waals surface area contributed by atoms with Gasteiger partial charge >= 0.3 is 0 Å². The molecular formula is C10H11ClO2S. The minimum atomic E-state index is 0.389. The molecule has 1 aromatic rings. The fraction of sp³-hybridized carbons (Fsp3) is 0.500. The molecule has 0 aliphatic heterocycles.